The molecule has 0 aromatic heterocycles. The molecular weight excluding hydrogens is 190 g/mol. The minimum atomic E-state index is 0.131. The van der Waals surface area contributed by atoms with Gasteiger partial charge in [0.15, 0.2) is 0 Å². The molecule has 3 nitrogen and oxygen atoms in total. The number of hydrogen-bond donors (Lipinski definition) is 1. The lowest BCUT2D eigenvalue weighted by Crippen LogP contribution is -2.22. The minimum Gasteiger partial charge on any atom is -0.396 e. The van der Waals surface area contributed by atoms with E-state index < -0.39 is 0 Å². The molecule has 0 aromatic rings. The molecule has 1 fully saturated rings. The first kappa shape index (κ1) is 11.7. The van der Waals surface area contributed by atoms with E-state index in [0.717, 1.165) is 18.7 Å². The summed E-state index contributed by atoms with van der Waals surface area (Å²) in [5, 5.41) is 8.65. The quantitative estimate of drug-likeness (QED) is 0.696. The Hall–Kier alpha value is -1.35. The van der Waals surface area contributed by atoms with Crippen LogP contribution in [0.1, 0.15) is 19.3 Å². The van der Waals surface area contributed by atoms with Crippen LogP contribution >= 0.6 is 0 Å². The number of allylic oxidation sites excluding steroid dienone is 3. The van der Waals surface area contributed by atoms with Gasteiger partial charge in [0, 0.05) is 25.3 Å². The third-order valence-electron chi connectivity index (χ3n) is 2.26. The van der Waals surface area contributed by atoms with E-state index in [1.807, 2.05) is 18.2 Å². The smallest absolute Gasteiger partial charge is 0.227 e. The zero-order chi connectivity index (χ0) is 11.1. The molecule has 0 atom stereocenters. The Morgan fingerprint density at radius 2 is 2.40 bits per heavy atom. The van der Waals surface area contributed by atoms with Gasteiger partial charge < -0.3 is 10.0 Å². The number of amides is 1. The third kappa shape index (κ3) is 3.36. The molecule has 1 N–H and O–H groups in total. The Kier molecular flexibility index (Phi) is 4.84. The van der Waals surface area contributed by atoms with E-state index in [2.05, 4.69) is 6.58 Å². The number of aliphatic hydroxyl groups excluding tert-OH is 1. The average molecular weight is 207 g/mol. The zero-order valence-electron chi connectivity index (χ0n) is 8.85. The second-order valence-corrected chi connectivity index (χ2v) is 3.39. The number of carbonyl (C=O) groups excluding carboxylic acids is 1. The minimum absolute atomic E-state index is 0.131. The fourth-order valence-corrected chi connectivity index (χ4v) is 1.56. The van der Waals surface area contributed by atoms with Crippen LogP contribution in [-0.2, 0) is 4.79 Å². The van der Waals surface area contributed by atoms with Gasteiger partial charge in [0.05, 0.1) is 0 Å². The van der Waals surface area contributed by atoms with E-state index >= 15 is 0 Å². The Morgan fingerprint density at radius 3 is 2.93 bits per heavy atom. The Labute approximate surface area is 90.4 Å². The summed E-state index contributed by atoms with van der Waals surface area (Å²) in [5.74, 6) is 0.164. The van der Waals surface area contributed by atoms with Crippen molar-refractivity contribution in [3.05, 3.63) is 36.6 Å². The lowest BCUT2D eigenvalue weighted by Gasteiger charge is -2.16. The van der Waals surface area contributed by atoms with Crippen LogP contribution in [0, 0.1) is 0 Å². The third-order valence-corrected chi connectivity index (χ3v) is 2.26. The highest BCUT2D eigenvalue weighted by molar-refractivity contribution is 5.80. The number of likely N-dealkylation sites (tertiary alicyclic amines) is 1. The first-order valence-electron chi connectivity index (χ1n) is 5.20. The maximum Gasteiger partial charge on any atom is 0.227 e. The molecule has 0 spiro atoms. The second kappa shape index (κ2) is 6.19. The van der Waals surface area contributed by atoms with Gasteiger partial charge in [-0.2, -0.15) is 0 Å². The molecule has 1 aliphatic heterocycles. The van der Waals surface area contributed by atoms with Crippen LogP contribution < -0.4 is 0 Å². The zero-order valence-corrected chi connectivity index (χ0v) is 8.85. The van der Waals surface area contributed by atoms with Gasteiger partial charge in [-0.25, -0.2) is 0 Å². The monoisotopic (exact) mass is 207 g/mol. The van der Waals surface area contributed by atoms with Crippen LogP contribution in [0.3, 0.4) is 0 Å². The van der Waals surface area contributed by atoms with Gasteiger partial charge in [0.2, 0.25) is 5.91 Å². The van der Waals surface area contributed by atoms with Gasteiger partial charge in [-0.05, 0) is 25.0 Å². The van der Waals surface area contributed by atoms with Crippen molar-refractivity contribution < 1.29 is 9.90 Å². The summed E-state index contributed by atoms with van der Waals surface area (Å²) in [6, 6.07) is 0. The van der Waals surface area contributed by atoms with E-state index in [1.165, 1.54) is 0 Å². The predicted molar refractivity (Wildman–Crippen MR) is 60.1 cm³/mol. The number of rotatable bonds is 5. The second-order valence-electron chi connectivity index (χ2n) is 3.39. The summed E-state index contributed by atoms with van der Waals surface area (Å²) in [7, 11) is 0. The summed E-state index contributed by atoms with van der Waals surface area (Å²) < 4.78 is 0. The highest BCUT2D eigenvalue weighted by atomic mass is 16.2. The highest BCUT2D eigenvalue weighted by Gasteiger charge is 2.21. The van der Waals surface area contributed by atoms with E-state index in [9.17, 15) is 4.79 Å². The molecule has 0 saturated carbocycles. The van der Waals surface area contributed by atoms with Gasteiger partial charge in [-0.3, -0.25) is 4.79 Å². The SMILES string of the molecule is C=C/C=C(\C=C/CCO)N1CCCC1=O. The topological polar surface area (TPSA) is 40.5 Å². The standard InChI is InChI=1S/C12H17NO2/c1-2-6-11(7-3-4-10-14)13-9-5-8-12(13)15/h2-3,6-7,14H,1,4-5,8-10H2/b7-3-,11-6+. The van der Waals surface area contributed by atoms with Crippen LogP contribution in [0.15, 0.2) is 36.6 Å². The molecule has 15 heavy (non-hydrogen) atoms. The van der Waals surface area contributed by atoms with Crippen molar-refractivity contribution in [3.8, 4) is 0 Å². The summed E-state index contributed by atoms with van der Waals surface area (Å²) in [4.78, 5) is 13.3. The van der Waals surface area contributed by atoms with Gasteiger partial charge in [-0.1, -0.05) is 18.7 Å². The first-order chi connectivity index (χ1) is 7.29. The van der Waals surface area contributed by atoms with Crippen molar-refractivity contribution in [1.82, 2.24) is 4.90 Å². The number of carbonyl (C=O) groups is 1. The lowest BCUT2D eigenvalue weighted by atomic mass is 10.3. The summed E-state index contributed by atoms with van der Waals surface area (Å²) in [6.07, 6.45) is 9.36. The molecule has 0 unspecified atom stereocenters. The van der Waals surface area contributed by atoms with Gasteiger partial charge in [0.25, 0.3) is 0 Å². The van der Waals surface area contributed by atoms with Crippen LogP contribution in [0.5, 0.6) is 0 Å². The molecule has 0 aromatic carbocycles. The normalized spacial score (nSPS) is 17.8. The van der Waals surface area contributed by atoms with E-state index in [4.69, 9.17) is 5.11 Å². The molecule has 1 aliphatic rings. The molecular formula is C12H17NO2. The summed E-state index contributed by atoms with van der Waals surface area (Å²) in [5.41, 5.74) is 0.862. The van der Waals surface area contributed by atoms with Crippen LogP contribution in [0.4, 0.5) is 0 Å². The van der Waals surface area contributed by atoms with Crippen molar-refractivity contribution in [1.29, 1.82) is 0 Å². The van der Waals surface area contributed by atoms with Crippen molar-refractivity contribution >= 4 is 5.91 Å². The molecule has 1 saturated heterocycles. The number of hydrogen-bond acceptors (Lipinski definition) is 2. The number of nitrogens with zero attached hydrogens (tertiary/aromatic N) is 1. The van der Waals surface area contributed by atoms with E-state index in [-0.39, 0.29) is 12.5 Å². The van der Waals surface area contributed by atoms with Gasteiger partial charge >= 0.3 is 0 Å². The van der Waals surface area contributed by atoms with Crippen LogP contribution in [-0.4, -0.2) is 29.1 Å². The lowest BCUT2D eigenvalue weighted by molar-refractivity contribution is -0.125. The molecule has 1 heterocycles. The molecule has 82 valence electrons. The van der Waals surface area contributed by atoms with Gasteiger partial charge in [-0.15, -0.1) is 0 Å². The Morgan fingerprint density at radius 1 is 1.60 bits per heavy atom. The van der Waals surface area contributed by atoms with Crippen molar-refractivity contribution in [2.75, 3.05) is 13.2 Å². The Bertz CT molecular complexity index is 292. The maximum atomic E-state index is 11.5. The summed E-state index contributed by atoms with van der Waals surface area (Å²) in [6.45, 7) is 4.54. The predicted octanol–water partition coefficient (Wildman–Crippen LogP) is 1.62. The molecule has 0 aliphatic carbocycles. The first-order valence-corrected chi connectivity index (χ1v) is 5.20. The largest absolute Gasteiger partial charge is 0.396 e. The number of aliphatic hydroxyl groups is 1. The Balaban J connectivity index is 2.69. The molecule has 0 radical (unpaired) electrons. The van der Waals surface area contributed by atoms with Gasteiger partial charge in [0.1, 0.15) is 0 Å². The molecule has 0 bridgehead atoms. The van der Waals surface area contributed by atoms with Crippen molar-refractivity contribution in [2.24, 2.45) is 0 Å². The molecule has 3 heteroatoms. The van der Waals surface area contributed by atoms with E-state index in [0.29, 0.717) is 12.8 Å². The van der Waals surface area contributed by atoms with E-state index in [1.54, 1.807) is 11.0 Å². The van der Waals surface area contributed by atoms with Crippen molar-refractivity contribution in [3.63, 3.8) is 0 Å². The summed E-state index contributed by atoms with van der Waals surface area (Å²) >= 11 is 0. The van der Waals surface area contributed by atoms with Crippen molar-refractivity contribution in [2.45, 2.75) is 19.3 Å². The molecule has 1 amide bonds. The maximum absolute atomic E-state index is 11.5. The fraction of sp³-hybridized carbons (Fsp3) is 0.417. The van der Waals surface area contributed by atoms with Crippen LogP contribution in [0.2, 0.25) is 0 Å². The highest BCUT2D eigenvalue weighted by Crippen LogP contribution is 2.17. The fourth-order valence-electron chi connectivity index (χ4n) is 1.56. The average Bonchev–Trinajstić information content (AvgIpc) is 2.64. The van der Waals surface area contributed by atoms with Crippen LogP contribution in [0.25, 0.3) is 0 Å². The molecule has 1 rings (SSSR count).